The number of carbonyl (C=O) groups excluding carboxylic acids is 1. The highest BCUT2D eigenvalue weighted by Crippen LogP contribution is 2.17. The summed E-state index contributed by atoms with van der Waals surface area (Å²) < 4.78 is 0. The number of amides is 1. The zero-order valence-electron chi connectivity index (χ0n) is 13.7. The Hall–Kier alpha value is -2.43. The van der Waals surface area contributed by atoms with Gasteiger partial charge in [-0.2, -0.15) is 0 Å². The molecule has 0 saturated carbocycles. The molecule has 0 unspecified atom stereocenters. The van der Waals surface area contributed by atoms with Gasteiger partial charge in [-0.3, -0.25) is 4.79 Å². The lowest BCUT2D eigenvalue weighted by atomic mass is 10.1. The van der Waals surface area contributed by atoms with Crippen LogP contribution in [0.3, 0.4) is 0 Å². The fourth-order valence-electron chi connectivity index (χ4n) is 2.95. The second-order valence-corrected chi connectivity index (χ2v) is 6.15. The molecule has 1 fully saturated rings. The molecule has 5 nitrogen and oxygen atoms in total. The number of nitrogens with one attached hydrogen (secondary N) is 1. The summed E-state index contributed by atoms with van der Waals surface area (Å²) in [7, 11) is 0. The smallest absolute Gasteiger partial charge is 0.255 e. The second kappa shape index (κ2) is 6.77. The number of hydrogen-bond donors (Lipinski definition) is 1. The zero-order valence-corrected chi connectivity index (χ0v) is 13.7. The Morgan fingerprint density at radius 1 is 1.00 bits per heavy atom. The van der Waals surface area contributed by atoms with Crippen LogP contribution in [0.15, 0.2) is 30.6 Å². The number of aromatic nitrogens is 2. The summed E-state index contributed by atoms with van der Waals surface area (Å²) in [5, 5.41) is 2.86. The number of benzene rings is 1. The molecule has 1 aromatic heterocycles. The van der Waals surface area contributed by atoms with E-state index >= 15 is 0 Å². The molecule has 3 rings (SSSR count). The van der Waals surface area contributed by atoms with E-state index in [0.717, 1.165) is 30.2 Å². The number of hydrogen-bond acceptors (Lipinski definition) is 4. The third-order valence-corrected chi connectivity index (χ3v) is 4.02. The van der Waals surface area contributed by atoms with Gasteiger partial charge in [-0.25, -0.2) is 9.97 Å². The molecule has 1 N–H and O–H groups in total. The van der Waals surface area contributed by atoms with Crippen LogP contribution in [0.25, 0.3) is 0 Å². The van der Waals surface area contributed by atoms with Crippen molar-refractivity contribution in [3.05, 3.63) is 47.3 Å². The molecule has 1 aliphatic rings. The first-order valence-corrected chi connectivity index (χ1v) is 8.08. The number of carbonyl (C=O) groups is 1. The molecule has 120 valence electrons. The van der Waals surface area contributed by atoms with Crippen molar-refractivity contribution in [1.82, 2.24) is 9.97 Å². The van der Waals surface area contributed by atoms with E-state index in [1.807, 2.05) is 32.0 Å². The largest absolute Gasteiger partial charge is 0.341 e. The molecule has 1 amide bonds. The Morgan fingerprint density at radius 3 is 2.22 bits per heavy atom. The molecular formula is C18H22N4O. The van der Waals surface area contributed by atoms with Crippen molar-refractivity contribution in [2.45, 2.75) is 33.1 Å². The van der Waals surface area contributed by atoms with Gasteiger partial charge in [0.2, 0.25) is 5.95 Å². The van der Waals surface area contributed by atoms with Crippen molar-refractivity contribution in [1.29, 1.82) is 0 Å². The van der Waals surface area contributed by atoms with E-state index in [9.17, 15) is 4.79 Å². The Morgan fingerprint density at radius 2 is 1.61 bits per heavy atom. The monoisotopic (exact) mass is 310 g/mol. The first kappa shape index (κ1) is 15.5. The first-order valence-electron chi connectivity index (χ1n) is 8.08. The Kier molecular flexibility index (Phi) is 4.55. The summed E-state index contributed by atoms with van der Waals surface area (Å²) in [5.74, 6) is 0.611. The summed E-state index contributed by atoms with van der Waals surface area (Å²) in [5.41, 5.74) is 3.43. The molecule has 2 heterocycles. The predicted octanol–water partition coefficient (Wildman–Crippen LogP) is 3.34. The van der Waals surface area contributed by atoms with Crippen molar-refractivity contribution in [3.8, 4) is 0 Å². The molecule has 0 radical (unpaired) electrons. The molecule has 23 heavy (non-hydrogen) atoms. The van der Waals surface area contributed by atoms with Gasteiger partial charge in [-0.15, -0.1) is 0 Å². The highest BCUT2D eigenvalue weighted by Gasteiger charge is 2.13. The average molecular weight is 310 g/mol. The maximum absolute atomic E-state index is 12.3. The summed E-state index contributed by atoms with van der Waals surface area (Å²) in [6, 6.07) is 5.81. The van der Waals surface area contributed by atoms with Crippen molar-refractivity contribution >= 4 is 17.5 Å². The number of nitrogens with zero attached hydrogens (tertiary/aromatic N) is 3. The lowest BCUT2D eigenvalue weighted by Crippen LogP contribution is -2.30. The van der Waals surface area contributed by atoms with E-state index in [0.29, 0.717) is 11.3 Å². The lowest BCUT2D eigenvalue weighted by molar-refractivity contribution is 0.102. The topological polar surface area (TPSA) is 58.1 Å². The van der Waals surface area contributed by atoms with E-state index in [1.54, 1.807) is 12.4 Å². The van der Waals surface area contributed by atoms with Gasteiger partial charge in [-0.1, -0.05) is 17.2 Å². The minimum Gasteiger partial charge on any atom is -0.341 e. The predicted molar refractivity (Wildman–Crippen MR) is 92.0 cm³/mol. The van der Waals surface area contributed by atoms with Crippen LogP contribution in [-0.4, -0.2) is 29.0 Å². The molecule has 0 atom stereocenters. The molecule has 5 heteroatoms. The molecule has 1 saturated heterocycles. The molecular weight excluding hydrogens is 288 g/mol. The lowest BCUT2D eigenvalue weighted by Gasteiger charge is -2.26. The van der Waals surface area contributed by atoms with Crippen molar-refractivity contribution in [2.24, 2.45) is 0 Å². The van der Waals surface area contributed by atoms with Gasteiger partial charge < -0.3 is 10.2 Å². The van der Waals surface area contributed by atoms with E-state index < -0.39 is 0 Å². The van der Waals surface area contributed by atoms with E-state index in [2.05, 4.69) is 20.2 Å². The highest BCUT2D eigenvalue weighted by molar-refractivity contribution is 6.04. The number of anilines is 2. The van der Waals surface area contributed by atoms with Crippen molar-refractivity contribution in [2.75, 3.05) is 23.3 Å². The number of piperidine rings is 1. The van der Waals surface area contributed by atoms with E-state index in [4.69, 9.17) is 0 Å². The Balaban J connectivity index is 1.68. The van der Waals surface area contributed by atoms with Crippen LogP contribution in [0, 0.1) is 13.8 Å². The van der Waals surface area contributed by atoms with Crippen LogP contribution in [-0.2, 0) is 0 Å². The number of aryl methyl sites for hydroxylation is 2. The fourth-order valence-corrected chi connectivity index (χ4v) is 2.95. The normalized spacial score (nSPS) is 14.6. The van der Waals surface area contributed by atoms with Crippen LogP contribution >= 0.6 is 0 Å². The van der Waals surface area contributed by atoms with Crippen LogP contribution in [0.2, 0.25) is 0 Å². The van der Waals surface area contributed by atoms with Gasteiger partial charge in [0.25, 0.3) is 5.91 Å². The maximum atomic E-state index is 12.3. The third-order valence-electron chi connectivity index (χ3n) is 4.02. The highest BCUT2D eigenvalue weighted by atomic mass is 16.1. The van der Waals surface area contributed by atoms with Crippen LogP contribution in [0.1, 0.15) is 40.7 Å². The molecule has 1 aromatic carbocycles. The van der Waals surface area contributed by atoms with Crippen LogP contribution in [0.5, 0.6) is 0 Å². The van der Waals surface area contributed by atoms with Gasteiger partial charge in [0, 0.05) is 18.7 Å². The SMILES string of the molecule is Cc1cc(C)cc(C(=O)Nc2cnc(N3CCCCC3)nc2)c1. The van der Waals surface area contributed by atoms with Gasteiger partial charge in [0.15, 0.2) is 0 Å². The summed E-state index contributed by atoms with van der Waals surface area (Å²) in [6.45, 7) is 5.99. The molecule has 0 aliphatic carbocycles. The molecule has 0 spiro atoms. The standard InChI is InChI=1S/C18H22N4O/c1-13-8-14(2)10-15(9-13)17(23)21-16-11-19-18(20-12-16)22-6-4-3-5-7-22/h8-12H,3-7H2,1-2H3,(H,21,23). The molecule has 0 bridgehead atoms. The molecule has 1 aliphatic heterocycles. The third kappa shape index (κ3) is 3.86. The van der Waals surface area contributed by atoms with Crippen molar-refractivity contribution in [3.63, 3.8) is 0 Å². The Bertz CT molecular complexity index is 670. The van der Waals surface area contributed by atoms with Gasteiger partial charge in [-0.05, 0) is 45.2 Å². The van der Waals surface area contributed by atoms with E-state index in [-0.39, 0.29) is 5.91 Å². The van der Waals surface area contributed by atoms with Gasteiger partial charge in [0.05, 0.1) is 18.1 Å². The summed E-state index contributed by atoms with van der Waals surface area (Å²) in [6.07, 6.45) is 7.01. The quantitative estimate of drug-likeness (QED) is 0.944. The van der Waals surface area contributed by atoms with Gasteiger partial charge in [0.1, 0.15) is 0 Å². The van der Waals surface area contributed by atoms with Gasteiger partial charge >= 0.3 is 0 Å². The first-order chi connectivity index (χ1) is 11.1. The summed E-state index contributed by atoms with van der Waals surface area (Å²) >= 11 is 0. The minimum atomic E-state index is -0.133. The second-order valence-electron chi connectivity index (χ2n) is 6.15. The maximum Gasteiger partial charge on any atom is 0.255 e. The fraction of sp³-hybridized carbons (Fsp3) is 0.389. The summed E-state index contributed by atoms with van der Waals surface area (Å²) in [4.78, 5) is 23.3. The van der Waals surface area contributed by atoms with Crippen molar-refractivity contribution < 1.29 is 4.79 Å². The van der Waals surface area contributed by atoms with E-state index in [1.165, 1.54) is 19.3 Å². The average Bonchev–Trinajstić information content (AvgIpc) is 2.55. The van der Waals surface area contributed by atoms with Crippen LogP contribution < -0.4 is 10.2 Å². The zero-order chi connectivity index (χ0) is 16.2. The number of rotatable bonds is 3. The minimum absolute atomic E-state index is 0.133. The van der Waals surface area contributed by atoms with Crippen LogP contribution in [0.4, 0.5) is 11.6 Å². The Labute approximate surface area is 136 Å². The molecule has 2 aromatic rings.